The Morgan fingerprint density at radius 2 is 2.00 bits per heavy atom. The molecule has 0 radical (unpaired) electrons. The van der Waals surface area contributed by atoms with Gasteiger partial charge in [0.15, 0.2) is 0 Å². The fraction of sp³-hybridized carbons (Fsp3) is 0.933. The topological polar surface area (TPSA) is 55.8 Å². The molecule has 1 fully saturated rings. The summed E-state index contributed by atoms with van der Waals surface area (Å²) in [5, 5.41) is 12.6. The minimum absolute atomic E-state index is 0.251. The minimum Gasteiger partial charge on any atom is -0.480 e. The monoisotopic (exact) mass is 285 g/mol. The van der Waals surface area contributed by atoms with Gasteiger partial charge >= 0.3 is 5.97 Å². The normalized spacial score (nSPS) is 26.6. The Kier molecular flexibility index (Phi) is 6.92. The number of hydrogen-bond donors (Lipinski definition) is 2. The zero-order valence-electron chi connectivity index (χ0n) is 13.5. The molecule has 0 aromatic rings. The third-order valence-electron chi connectivity index (χ3n) is 4.65. The summed E-state index contributed by atoms with van der Waals surface area (Å²) in [6.07, 6.45) is 4.92. The van der Waals surface area contributed by atoms with Crippen LogP contribution in [0.4, 0.5) is 0 Å². The van der Waals surface area contributed by atoms with Gasteiger partial charge in [-0.3, -0.25) is 4.79 Å². The lowest BCUT2D eigenvalue weighted by molar-refractivity contribution is -0.146. The predicted molar refractivity (Wildman–Crippen MR) is 82.1 cm³/mol. The molecule has 118 valence electrons. The highest BCUT2D eigenvalue weighted by Crippen LogP contribution is 2.38. The molecule has 0 aromatic carbocycles. The standard InChI is InChI=1S/C15H31N3O2/c1-16-15(14(19)20)9-5-7-13(15)8-12-18(4)11-6-10-17(2)3/h13,16H,5-12H2,1-4H3,(H,19,20). The molecule has 20 heavy (non-hydrogen) atoms. The summed E-state index contributed by atoms with van der Waals surface area (Å²) in [4.78, 5) is 16.1. The molecule has 0 aliphatic heterocycles. The third kappa shape index (κ3) is 4.43. The van der Waals surface area contributed by atoms with Crippen LogP contribution in [0.3, 0.4) is 0 Å². The molecule has 1 aliphatic carbocycles. The number of aliphatic carboxylic acids is 1. The molecule has 0 aromatic heterocycles. The molecule has 5 nitrogen and oxygen atoms in total. The SMILES string of the molecule is CNC1(C(=O)O)CCCC1CCN(C)CCCN(C)C. The van der Waals surface area contributed by atoms with Gasteiger partial charge in [0.25, 0.3) is 0 Å². The Morgan fingerprint density at radius 1 is 1.30 bits per heavy atom. The highest BCUT2D eigenvalue weighted by atomic mass is 16.4. The van der Waals surface area contributed by atoms with Crippen LogP contribution in [-0.4, -0.2) is 74.2 Å². The van der Waals surface area contributed by atoms with E-state index in [1.165, 1.54) is 0 Å². The molecule has 2 unspecified atom stereocenters. The molecule has 0 heterocycles. The van der Waals surface area contributed by atoms with Crippen LogP contribution in [0.5, 0.6) is 0 Å². The second-order valence-electron chi connectivity index (χ2n) is 6.36. The number of carbonyl (C=O) groups is 1. The van der Waals surface area contributed by atoms with Crippen molar-refractivity contribution >= 4 is 5.97 Å². The largest absolute Gasteiger partial charge is 0.480 e. The Bertz CT molecular complexity index is 309. The molecule has 1 rings (SSSR count). The van der Waals surface area contributed by atoms with Gasteiger partial charge in [-0.15, -0.1) is 0 Å². The van der Waals surface area contributed by atoms with E-state index < -0.39 is 11.5 Å². The molecule has 0 saturated heterocycles. The Labute approximate surface area is 123 Å². The number of likely N-dealkylation sites (N-methyl/N-ethyl adjacent to an activating group) is 1. The van der Waals surface area contributed by atoms with Crippen molar-refractivity contribution in [2.45, 2.75) is 37.6 Å². The van der Waals surface area contributed by atoms with Crippen LogP contribution >= 0.6 is 0 Å². The summed E-state index contributed by atoms with van der Waals surface area (Å²) in [5.74, 6) is -0.431. The van der Waals surface area contributed by atoms with E-state index in [4.69, 9.17) is 0 Å². The number of rotatable bonds is 9. The van der Waals surface area contributed by atoms with Crippen molar-refractivity contribution in [3.8, 4) is 0 Å². The molecule has 5 heteroatoms. The highest BCUT2D eigenvalue weighted by Gasteiger charge is 2.47. The van der Waals surface area contributed by atoms with E-state index in [1.807, 2.05) is 0 Å². The van der Waals surface area contributed by atoms with Gasteiger partial charge in [-0.2, -0.15) is 0 Å². The number of nitrogens with one attached hydrogen (secondary N) is 1. The first-order valence-corrected chi connectivity index (χ1v) is 7.68. The van der Waals surface area contributed by atoms with E-state index >= 15 is 0 Å². The highest BCUT2D eigenvalue weighted by molar-refractivity contribution is 5.79. The van der Waals surface area contributed by atoms with E-state index in [0.29, 0.717) is 0 Å². The van der Waals surface area contributed by atoms with Gasteiger partial charge in [0.2, 0.25) is 0 Å². The van der Waals surface area contributed by atoms with Gasteiger partial charge in [0, 0.05) is 0 Å². The van der Waals surface area contributed by atoms with Crippen LogP contribution in [0.2, 0.25) is 0 Å². The van der Waals surface area contributed by atoms with Crippen LogP contribution in [0.1, 0.15) is 32.1 Å². The average Bonchev–Trinajstić information content (AvgIpc) is 2.80. The lowest BCUT2D eigenvalue weighted by Crippen LogP contribution is -2.53. The first-order valence-electron chi connectivity index (χ1n) is 7.68. The van der Waals surface area contributed by atoms with E-state index in [2.05, 4.69) is 36.3 Å². The van der Waals surface area contributed by atoms with Crippen molar-refractivity contribution in [2.75, 3.05) is 47.8 Å². The summed E-state index contributed by atoms with van der Waals surface area (Å²) in [5.41, 5.74) is -0.690. The smallest absolute Gasteiger partial charge is 0.324 e. The average molecular weight is 285 g/mol. The van der Waals surface area contributed by atoms with Crippen LogP contribution in [0.25, 0.3) is 0 Å². The molecule has 0 spiro atoms. The van der Waals surface area contributed by atoms with E-state index in [9.17, 15) is 9.90 Å². The van der Waals surface area contributed by atoms with Gasteiger partial charge in [-0.1, -0.05) is 6.42 Å². The van der Waals surface area contributed by atoms with Crippen molar-refractivity contribution in [3.05, 3.63) is 0 Å². The van der Waals surface area contributed by atoms with Crippen molar-refractivity contribution in [3.63, 3.8) is 0 Å². The lowest BCUT2D eigenvalue weighted by Gasteiger charge is -2.32. The van der Waals surface area contributed by atoms with Gasteiger partial charge in [-0.25, -0.2) is 0 Å². The van der Waals surface area contributed by atoms with Crippen LogP contribution in [0.15, 0.2) is 0 Å². The van der Waals surface area contributed by atoms with E-state index in [-0.39, 0.29) is 5.92 Å². The Balaban J connectivity index is 2.38. The molecular weight excluding hydrogens is 254 g/mol. The van der Waals surface area contributed by atoms with Gasteiger partial charge in [-0.05, 0) is 79.4 Å². The summed E-state index contributed by atoms with van der Waals surface area (Å²) in [6, 6.07) is 0. The zero-order valence-corrected chi connectivity index (χ0v) is 13.5. The van der Waals surface area contributed by atoms with Crippen molar-refractivity contribution in [1.82, 2.24) is 15.1 Å². The first kappa shape index (κ1) is 17.4. The molecular formula is C15H31N3O2. The maximum Gasteiger partial charge on any atom is 0.324 e. The predicted octanol–water partition coefficient (Wildman–Crippen LogP) is 1.10. The first-order chi connectivity index (χ1) is 9.42. The van der Waals surface area contributed by atoms with E-state index in [1.54, 1.807) is 7.05 Å². The third-order valence-corrected chi connectivity index (χ3v) is 4.65. The van der Waals surface area contributed by atoms with Crippen molar-refractivity contribution in [1.29, 1.82) is 0 Å². The molecule has 1 aliphatic rings. The molecule has 1 saturated carbocycles. The zero-order chi connectivity index (χ0) is 15.2. The molecule has 0 bridgehead atoms. The maximum absolute atomic E-state index is 11.6. The number of carboxylic acid groups (broad SMARTS) is 1. The quantitative estimate of drug-likeness (QED) is 0.664. The van der Waals surface area contributed by atoms with Crippen molar-refractivity contribution in [2.24, 2.45) is 5.92 Å². The number of nitrogens with zero attached hydrogens (tertiary/aromatic N) is 2. The maximum atomic E-state index is 11.6. The number of hydrogen-bond acceptors (Lipinski definition) is 4. The Hall–Kier alpha value is -0.650. The van der Waals surface area contributed by atoms with Gasteiger partial charge in [0.1, 0.15) is 5.54 Å². The molecule has 2 N–H and O–H groups in total. The lowest BCUT2D eigenvalue weighted by atomic mass is 9.84. The second kappa shape index (κ2) is 7.96. The summed E-state index contributed by atoms with van der Waals surface area (Å²) in [7, 11) is 8.10. The molecule has 2 atom stereocenters. The van der Waals surface area contributed by atoms with Gasteiger partial charge in [0.05, 0.1) is 0 Å². The van der Waals surface area contributed by atoms with Gasteiger partial charge < -0.3 is 20.2 Å². The molecule has 0 amide bonds. The van der Waals surface area contributed by atoms with Crippen LogP contribution in [-0.2, 0) is 4.79 Å². The van der Waals surface area contributed by atoms with Crippen LogP contribution < -0.4 is 5.32 Å². The van der Waals surface area contributed by atoms with E-state index in [0.717, 1.165) is 51.7 Å². The second-order valence-corrected chi connectivity index (χ2v) is 6.36. The fourth-order valence-electron chi connectivity index (χ4n) is 3.33. The number of carboxylic acids is 1. The Morgan fingerprint density at radius 3 is 2.55 bits per heavy atom. The minimum atomic E-state index is -0.690. The summed E-state index contributed by atoms with van der Waals surface area (Å²) < 4.78 is 0. The summed E-state index contributed by atoms with van der Waals surface area (Å²) in [6.45, 7) is 3.16. The fourth-order valence-corrected chi connectivity index (χ4v) is 3.33. The summed E-state index contributed by atoms with van der Waals surface area (Å²) >= 11 is 0. The van der Waals surface area contributed by atoms with Crippen LogP contribution in [0, 0.1) is 5.92 Å². The van der Waals surface area contributed by atoms with Crippen molar-refractivity contribution < 1.29 is 9.90 Å².